The summed E-state index contributed by atoms with van der Waals surface area (Å²) in [6, 6.07) is 8.83. The SMILES string of the molecule is CC(C)NCc1ccc(CSc2cccs2)o1. The van der Waals surface area contributed by atoms with E-state index in [9.17, 15) is 0 Å². The Morgan fingerprint density at radius 2 is 2.12 bits per heavy atom. The maximum atomic E-state index is 5.75. The predicted molar refractivity (Wildman–Crippen MR) is 74.6 cm³/mol. The highest BCUT2D eigenvalue weighted by Crippen LogP contribution is 2.27. The first-order valence-corrected chi connectivity index (χ1v) is 7.58. The molecule has 0 saturated heterocycles. The maximum absolute atomic E-state index is 5.75. The van der Waals surface area contributed by atoms with Crippen molar-refractivity contribution in [3.05, 3.63) is 41.2 Å². The Morgan fingerprint density at radius 3 is 2.82 bits per heavy atom. The van der Waals surface area contributed by atoms with Crippen LogP contribution in [0.3, 0.4) is 0 Å². The lowest BCUT2D eigenvalue weighted by molar-refractivity contribution is 0.446. The topological polar surface area (TPSA) is 25.2 Å². The Bertz CT molecular complexity index is 434. The molecule has 17 heavy (non-hydrogen) atoms. The molecule has 2 rings (SSSR count). The number of furan rings is 1. The first-order valence-electron chi connectivity index (χ1n) is 5.71. The number of thiophene rings is 1. The van der Waals surface area contributed by atoms with Crippen molar-refractivity contribution in [2.45, 2.75) is 36.4 Å². The summed E-state index contributed by atoms with van der Waals surface area (Å²) in [4.78, 5) is 0. The van der Waals surface area contributed by atoms with Crippen LogP contribution in [0.25, 0.3) is 0 Å². The van der Waals surface area contributed by atoms with Crippen molar-refractivity contribution in [1.82, 2.24) is 5.32 Å². The molecule has 0 atom stereocenters. The molecule has 0 aliphatic carbocycles. The predicted octanol–water partition coefficient (Wildman–Crippen LogP) is 4.13. The average molecular weight is 267 g/mol. The second-order valence-electron chi connectivity index (χ2n) is 4.12. The van der Waals surface area contributed by atoms with Crippen molar-refractivity contribution in [2.24, 2.45) is 0 Å². The Hall–Kier alpha value is -0.710. The quantitative estimate of drug-likeness (QED) is 0.797. The number of rotatable bonds is 6. The fourth-order valence-electron chi connectivity index (χ4n) is 1.39. The highest BCUT2D eigenvalue weighted by atomic mass is 32.2. The summed E-state index contributed by atoms with van der Waals surface area (Å²) < 4.78 is 7.09. The van der Waals surface area contributed by atoms with E-state index in [-0.39, 0.29) is 0 Å². The Balaban J connectivity index is 1.81. The van der Waals surface area contributed by atoms with Gasteiger partial charge < -0.3 is 9.73 Å². The zero-order valence-corrected chi connectivity index (χ0v) is 11.7. The van der Waals surface area contributed by atoms with Crippen molar-refractivity contribution in [1.29, 1.82) is 0 Å². The van der Waals surface area contributed by atoms with Gasteiger partial charge in [0.1, 0.15) is 11.5 Å². The zero-order chi connectivity index (χ0) is 12.1. The van der Waals surface area contributed by atoms with Crippen molar-refractivity contribution in [3.63, 3.8) is 0 Å². The van der Waals surface area contributed by atoms with Crippen LogP contribution in [-0.4, -0.2) is 6.04 Å². The number of thioether (sulfide) groups is 1. The van der Waals surface area contributed by atoms with Gasteiger partial charge in [0.25, 0.3) is 0 Å². The molecule has 4 heteroatoms. The normalized spacial score (nSPS) is 11.2. The molecule has 2 aromatic rings. The van der Waals surface area contributed by atoms with Crippen LogP contribution in [0.2, 0.25) is 0 Å². The van der Waals surface area contributed by atoms with Crippen LogP contribution in [0.5, 0.6) is 0 Å². The molecule has 2 aromatic heterocycles. The van der Waals surface area contributed by atoms with E-state index in [1.807, 2.05) is 11.8 Å². The summed E-state index contributed by atoms with van der Waals surface area (Å²) in [5.74, 6) is 2.96. The molecule has 92 valence electrons. The fraction of sp³-hybridized carbons (Fsp3) is 0.385. The molecule has 0 aliphatic heterocycles. The molecule has 0 aliphatic rings. The molecular weight excluding hydrogens is 250 g/mol. The largest absolute Gasteiger partial charge is 0.464 e. The summed E-state index contributed by atoms with van der Waals surface area (Å²) in [5.41, 5.74) is 0. The van der Waals surface area contributed by atoms with Gasteiger partial charge in [0, 0.05) is 6.04 Å². The van der Waals surface area contributed by atoms with Crippen molar-refractivity contribution in [2.75, 3.05) is 0 Å². The summed E-state index contributed by atoms with van der Waals surface area (Å²) in [5, 5.41) is 5.45. The van der Waals surface area contributed by atoms with E-state index in [4.69, 9.17) is 4.42 Å². The lowest BCUT2D eigenvalue weighted by Crippen LogP contribution is -2.21. The van der Waals surface area contributed by atoms with Gasteiger partial charge in [0.15, 0.2) is 0 Å². The molecule has 2 heterocycles. The minimum Gasteiger partial charge on any atom is -0.464 e. The van der Waals surface area contributed by atoms with Gasteiger partial charge in [-0.2, -0.15) is 0 Å². The molecule has 0 saturated carbocycles. The van der Waals surface area contributed by atoms with E-state index in [1.54, 1.807) is 11.3 Å². The van der Waals surface area contributed by atoms with Gasteiger partial charge in [-0.3, -0.25) is 0 Å². The van der Waals surface area contributed by atoms with Crippen LogP contribution >= 0.6 is 23.1 Å². The van der Waals surface area contributed by atoms with E-state index in [2.05, 4.69) is 48.8 Å². The Morgan fingerprint density at radius 1 is 1.29 bits per heavy atom. The second kappa shape index (κ2) is 6.28. The maximum Gasteiger partial charge on any atom is 0.118 e. The van der Waals surface area contributed by atoms with Gasteiger partial charge in [-0.05, 0) is 23.6 Å². The molecular formula is C13H17NOS2. The summed E-state index contributed by atoms with van der Waals surface area (Å²) in [6.07, 6.45) is 0. The molecule has 0 spiro atoms. The standard InChI is InChI=1S/C13H17NOS2/c1-10(2)14-8-11-5-6-12(15-11)9-17-13-4-3-7-16-13/h3-7,10,14H,8-9H2,1-2H3. The van der Waals surface area contributed by atoms with E-state index >= 15 is 0 Å². The van der Waals surface area contributed by atoms with Gasteiger partial charge in [-0.1, -0.05) is 19.9 Å². The molecule has 0 bridgehead atoms. The lowest BCUT2D eigenvalue weighted by atomic mass is 10.3. The minimum absolute atomic E-state index is 0.490. The number of hydrogen-bond donors (Lipinski definition) is 1. The molecule has 2 nitrogen and oxygen atoms in total. The van der Waals surface area contributed by atoms with Gasteiger partial charge in [0.05, 0.1) is 16.5 Å². The van der Waals surface area contributed by atoms with Crippen LogP contribution < -0.4 is 5.32 Å². The molecule has 1 N–H and O–H groups in total. The molecule has 0 radical (unpaired) electrons. The fourth-order valence-corrected chi connectivity index (χ4v) is 3.07. The number of hydrogen-bond acceptors (Lipinski definition) is 4. The van der Waals surface area contributed by atoms with Gasteiger partial charge in [0.2, 0.25) is 0 Å². The first-order chi connectivity index (χ1) is 8.24. The third-order valence-electron chi connectivity index (χ3n) is 2.25. The first kappa shape index (κ1) is 12.7. The molecule has 0 aromatic carbocycles. The minimum atomic E-state index is 0.490. The second-order valence-corrected chi connectivity index (χ2v) is 6.35. The van der Waals surface area contributed by atoms with Crippen molar-refractivity contribution in [3.8, 4) is 0 Å². The van der Waals surface area contributed by atoms with Gasteiger partial charge in [-0.15, -0.1) is 23.1 Å². The summed E-state index contributed by atoms with van der Waals surface area (Å²) in [6.45, 7) is 5.08. The van der Waals surface area contributed by atoms with Crippen LogP contribution in [-0.2, 0) is 12.3 Å². The smallest absolute Gasteiger partial charge is 0.118 e. The average Bonchev–Trinajstić information content (AvgIpc) is 2.95. The third kappa shape index (κ3) is 4.22. The van der Waals surface area contributed by atoms with E-state index in [0.29, 0.717) is 6.04 Å². The highest BCUT2D eigenvalue weighted by Gasteiger charge is 2.04. The monoisotopic (exact) mass is 267 g/mol. The lowest BCUT2D eigenvalue weighted by Gasteiger charge is -2.04. The van der Waals surface area contributed by atoms with Crippen molar-refractivity contribution < 1.29 is 4.42 Å². The Kier molecular flexibility index (Phi) is 4.71. The summed E-state index contributed by atoms with van der Waals surface area (Å²) in [7, 11) is 0. The van der Waals surface area contributed by atoms with Gasteiger partial charge >= 0.3 is 0 Å². The molecule has 0 amide bonds. The van der Waals surface area contributed by atoms with E-state index in [0.717, 1.165) is 23.8 Å². The van der Waals surface area contributed by atoms with Crippen LogP contribution in [0.4, 0.5) is 0 Å². The highest BCUT2D eigenvalue weighted by molar-refractivity contribution is 8.00. The number of nitrogens with one attached hydrogen (secondary N) is 1. The van der Waals surface area contributed by atoms with E-state index in [1.165, 1.54) is 4.21 Å². The van der Waals surface area contributed by atoms with E-state index < -0.39 is 0 Å². The van der Waals surface area contributed by atoms with Crippen LogP contribution in [0.1, 0.15) is 25.4 Å². The molecule has 0 fully saturated rings. The van der Waals surface area contributed by atoms with Crippen LogP contribution in [0.15, 0.2) is 38.3 Å². The third-order valence-corrected chi connectivity index (χ3v) is 4.41. The van der Waals surface area contributed by atoms with Gasteiger partial charge in [-0.25, -0.2) is 0 Å². The zero-order valence-electron chi connectivity index (χ0n) is 10.1. The molecule has 0 unspecified atom stereocenters. The van der Waals surface area contributed by atoms with Crippen molar-refractivity contribution >= 4 is 23.1 Å². The van der Waals surface area contributed by atoms with Crippen LogP contribution in [0, 0.1) is 0 Å². The summed E-state index contributed by atoms with van der Waals surface area (Å²) >= 11 is 3.59. The Labute approximate surface area is 110 Å².